The maximum Gasteiger partial charge on any atom is 0.407 e. The molecule has 1 aromatic rings. The third-order valence-electron chi connectivity index (χ3n) is 3.12. The summed E-state index contributed by atoms with van der Waals surface area (Å²) in [5, 5.41) is 12.1. The van der Waals surface area contributed by atoms with E-state index in [2.05, 4.69) is 15.2 Å². The molecule has 0 bridgehead atoms. The van der Waals surface area contributed by atoms with Crippen LogP contribution in [0.25, 0.3) is 0 Å². The number of alkyl carbamates (subject to hydrolysis) is 1. The lowest BCUT2D eigenvalue weighted by atomic mass is 10.2. The van der Waals surface area contributed by atoms with Gasteiger partial charge in [-0.2, -0.15) is 0 Å². The van der Waals surface area contributed by atoms with Crippen LogP contribution in [-0.4, -0.2) is 41.9 Å². The number of aromatic nitrogens is 1. The van der Waals surface area contributed by atoms with E-state index >= 15 is 0 Å². The van der Waals surface area contributed by atoms with Crippen LogP contribution in [0.5, 0.6) is 0 Å². The number of ether oxygens (including phenoxy) is 1. The number of carbonyl (C=O) groups excluding carboxylic acids is 1. The van der Waals surface area contributed by atoms with Crippen LogP contribution in [0.3, 0.4) is 0 Å². The lowest BCUT2D eigenvalue weighted by molar-refractivity contribution is 0.149. The van der Waals surface area contributed by atoms with Gasteiger partial charge in [-0.15, -0.1) is 0 Å². The molecule has 19 heavy (non-hydrogen) atoms. The van der Waals surface area contributed by atoms with E-state index in [0.717, 1.165) is 24.3 Å². The monoisotopic (exact) mass is 265 g/mol. The number of hydrogen-bond donors (Lipinski definition) is 2. The Bertz CT molecular complexity index is 439. The smallest absolute Gasteiger partial charge is 0.407 e. The summed E-state index contributed by atoms with van der Waals surface area (Å²) in [6.45, 7) is 3.61. The van der Waals surface area contributed by atoms with E-state index in [0.29, 0.717) is 13.2 Å². The molecule has 0 radical (unpaired) electrons. The highest BCUT2D eigenvalue weighted by Crippen LogP contribution is 2.22. The van der Waals surface area contributed by atoms with Gasteiger partial charge in [0.15, 0.2) is 0 Å². The van der Waals surface area contributed by atoms with Crippen LogP contribution in [0, 0.1) is 0 Å². The molecule has 0 aliphatic carbocycles. The topological polar surface area (TPSA) is 74.7 Å². The highest BCUT2D eigenvalue weighted by molar-refractivity contribution is 5.67. The number of amides is 1. The number of aliphatic hydroxyl groups is 1. The standard InChI is InChI=1S/C13H19N3O3/c1-2-19-13(18)15-11-5-7-16(8-11)12-10(9-17)4-3-6-14-12/h3-4,6,11,17H,2,5,7-9H2,1H3,(H,15,18)/t11-/m1/s1. The summed E-state index contributed by atoms with van der Waals surface area (Å²) < 4.78 is 4.87. The summed E-state index contributed by atoms with van der Waals surface area (Å²) in [6.07, 6.45) is 2.18. The first-order valence-corrected chi connectivity index (χ1v) is 6.47. The van der Waals surface area contributed by atoms with Crippen molar-refractivity contribution in [1.29, 1.82) is 0 Å². The van der Waals surface area contributed by atoms with Crippen molar-refractivity contribution in [2.75, 3.05) is 24.6 Å². The third kappa shape index (κ3) is 3.35. The fourth-order valence-corrected chi connectivity index (χ4v) is 2.25. The fourth-order valence-electron chi connectivity index (χ4n) is 2.25. The molecule has 1 aliphatic heterocycles. The Labute approximate surface area is 112 Å². The van der Waals surface area contributed by atoms with Gasteiger partial charge in [0, 0.05) is 24.8 Å². The quantitative estimate of drug-likeness (QED) is 0.846. The molecule has 0 spiro atoms. The summed E-state index contributed by atoms with van der Waals surface area (Å²) in [6, 6.07) is 3.72. The third-order valence-corrected chi connectivity index (χ3v) is 3.12. The number of pyridine rings is 1. The average Bonchev–Trinajstić information content (AvgIpc) is 2.87. The van der Waals surface area contributed by atoms with Gasteiger partial charge in [-0.3, -0.25) is 0 Å². The van der Waals surface area contributed by atoms with Crippen molar-refractivity contribution in [2.24, 2.45) is 0 Å². The Hall–Kier alpha value is -1.82. The molecule has 6 heteroatoms. The molecule has 1 atom stereocenters. The molecule has 6 nitrogen and oxygen atoms in total. The molecule has 2 rings (SSSR count). The van der Waals surface area contributed by atoms with E-state index < -0.39 is 0 Å². The summed E-state index contributed by atoms with van der Waals surface area (Å²) >= 11 is 0. The SMILES string of the molecule is CCOC(=O)N[C@@H]1CCN(c2ncccc2CO)C1. The predicted molar refractivity (Wildman–Crippen MR) is 70.9 cm³/mol. The number of aliphatic hydroxyl groups excluding tert-OH is 1. The zero-order valence-electron chi connectivity index (χ0n) is 11.0. The number of anilines is 1. The van der Waals surface area contributed by atoms with E-state index in [9.17, 15) is 9.90 Å². The van der Waals surface area contributed by atoms with Gasteiger partial charge in [0.2, 0.25) is 0 Å². The number of nitrogens with zero attached hydrogens (tertiary/aromatic N) is 2. The summed E-state index contributed by atoms with van der Waals surface area (Å²) in [5.41, 5.74) is 0.805. The highest BCUT2D eigenvalue weighted by Gasteiger charge is 2.26. The number of nitrogens with one attached hydrogen (secondary N) is 1. The van der Waals surface area contributed by atoms with Gasteiger partial charge in [0.1, 0.15) is 5.82 Å². The second-order valence-electron chi connectivity index (χ2n) is 4.44. The minimum Gasteiger partial charge on any atom is -0.450 e. The molecule has 2 heterocycles. The predicted octanol–water partition coefficient (Wildman–Crippen LogP) is 0.899. The average molecular weight is 265 g/mol. The Balaban J connectivity index is 1.96. The molecular weight excluding hydrogens is 246 g/mol. The first-order valence-electron chi connectivity index (χ1n) is 6.47. The lowest BCUT2D eigenvalue weighted by Crippen LogP contribution is -2.37. The van der Waals surface area contributed by atoms with Crippen molar-refractivity contribution in [1.82, 2.24) is 10.3 Å². The molecule has 1 aliphatic rings. The van der Waals surface area contributed by atoms with E-state index in [4.69, 9.17) is 4.74 Å². The van der Waals surface area contributed by atoms with Crippen molar-refractivity contribution in [2.45, 2.75) is 26.0 Å². The summed E-state index contributed by atoms with van der Waals surface area (Å²) in [7, 11) is 0. The molecule has 1 amide bonds. The second kappa shape index (κ2) is 6.38. The molecule has 1 fully saturated rings. The van der Waals surface area contributed by atoms with Crippen molar-refractivity contribution in [3.05, 3.63) is 23.9 Å². The van der Waals surface area contributed by atoms with Crippen molar-refractivity contribution in [3.8, 4) is 0 Å². The van der Waals surface area contributed by atoms with E-state index in [-0.39, 0.29) is 18.7 Å². The number of rotatable bonds is 4. The van der Waals surface area contributed by atoms with Crippen LogP contribution in [0.15, 0.2) is 18.3 Å². The Kier molecular flexibility index (Phi) is 4.57. The second-order valence-corrected chi connectivity index (χ2v) is 4.44. The summed E-state index contributed by atoms with van der Waals surface area (Å²) in [4.78, 5) is 17.7. The molecule has 1 saturated heterocycles. The maximum absolute atomic E-state index is 11.4. The molecule has 1 aromatic heterocycles. The van der Waals surface area contributed by atoms with Crippen LogP contribution in [-0.2, 0) is 11.3 Å². The first kappa shape index (κ1) is 13.6. The molecule has 0 aromatic carbocycles. The van der Waals surface area contributed by atoms with Crippen LogP contribution < -0.4 is 10.2 Å². The molecule has 2 N–H and O–H groups in total. The Morgan fingerprint density at radius 3 is 3.26 bits per heavy atom. The van der Waals surface area contributed by atoms with Gasteiger partial charge in [-0.1, -0.05) is 6.07 Å². The van der Waals surface area contributed by atoms with Crippen LogP contribution >= 0.6 is 0 Å². The van der Waals surface area contributed by atoms with Crippen LogP contribution in [0.1, 0.15) is 18.9 Å². The van der Waals surface area contributed by atoms with Gasteiger partial charge in [-0.05, 0) is 19.4 Å². The molecule has 104 valence electrons. The van der Waals surface area contributed by atoms with E-state index in [1.807, 2.05) is 6.07 Å². The highest BCUT2D eigenvalue weighted by atomic mass is 16.5. The maximum atomic E-state index is 11.4. The zero-order chi connectivity index (χ0) is 13.7. The van der Waals surface area contributed by atoms with Gasteiger partial charge < -0.3 is 20.1 Å². The number of carbonyl (C=O) groups is 1. The Morgan fingerprint density at radius 1 is 1.68 bits per heavy atom. The normalized spacial score (nSPS) is 18.4. The van der Waals surface area contributed by atoms with Crippen molar-refractivity contribution in [3.63, 3.8) is 0 Å². The summed E-state index contributed by atoms with van der Waals surface area (Å²) in [5.74, 6) is 0.790. The first-order chi connectivity index (χ1) is 9.24. The largest absolute Gasteiger partial charge is 0.450 e. The molecule has 0 saturated carbocycles. The van der Waals surface area contributed by atoms with Gasteiger partial charge in [-0.25, -0.2) is 9.78 Å². The van der Waals surface area contributed by atoms with Gasteiger partial charge >= 0.3 is 6.09 Å². The van der Waals surface area contributed by atoms with Crippen molar-refractivity contribution >= 4 is 11.9 Å². The molecular formula is C13H19N3O3. The van der Waals surface area contributed by atoms with E-state index in [1.54, 1.807) is 19.2 Å². The Morgan fingerprint density at radius 2 is 2.53 bits per heavy atom. The lowest BCUT2D eigenvalue weighted by Gasteiger charge is -2.20. The van der Waals surface area contributed by atoms with Gasteiger partial charge in [0.25, 0.3) is 0 Å². The van der Waals surface area contributed by atoms with Gasteiger partial charge in [0.05, 0.1) is 19.3 Å². The minimum absolute atomic E-state index is 0.0321. The van der Waals surface area contributed by atoms with Crippen LogP contribution in [0.4, 0.5) is 10.6 Å². The molecule has 0 unspecified atom stereocenters. The number of hydrogen-bond acceptors (Lipinski definition) is 5. The fraction of sp³-hybridized carbons (Fsp3) is 0.538. The van der Waals surface area contributed by atoms with Crippen LogP contribution in [0.2, 0.25) is 0 Å². The van der Waals surface area contributed by atoms with Crippen molar-refractivity contribution < 1.29 is 14.6 Å². The van der Waals surface area contributed by atoms with E-state index in [1.165, 1.54) is 0 Å². The minimum atomic E-state index is -0.377. The zero-order valence-corrected chi connectivity index (χ0v) is 11.0.